The van der Waals surface area contributed by atoms with Crippen molar-refractivity contribution >= 4 is 12.0 Å². The van der Waals surface area contributed by atoms with E-state index >= 15 is 0 Å². The molecule has 0 aliphatic heterocycles. The van der Waals surface area contributed by atoms with E-state index in [0.29, 0.717) is 0 Å². The Morgan fingerprint density at radius 1 is 1.50 bits per heavy atom. The largest absolute Gasteiger partial charge is 0.497 e. The molecular formula is C14H19NO3. The second-order valence-corrected chi connectivity index (χ2v) is 4.64. The van der Waals surface area contributed by atoms with Gasteiger partial charge in [0.05, 0.1) is 19.3 Å². The first kappa shape index (κ1) is 14.3. The quantitative estimate of drug-likeness (QED) is 0.779. The van der Waals surface area contributed by atoms with E-state index in [-0.39, 0.29) is 12.5 Å². The average Bonchev–Trinajstić information content (AvgIpc) is 2.36. The zero-order chi connectivity index (χ0) is 13.6. The van der Waals surface area contributed by atoms with Gasteiger partial charge in [-0.15, -0.1) is 0 Å². The first-order valence-electron chi connectivity index (χ1n) is 5.72. The molecule has 1 aromatic rings. The fraction of sp³-hybridized carbons (Fsp3) is 0.357. The third-order valence-electron chi connectivity index (χ3n) is 2.38. The van der Waals surface area contributed by atoms with Crippen LogP contribution in [-0.2, 0) is 4.79 Å². The fourth-order valence-electron chi connectivity index (χ4n) is 1.33. The number of ether oxygens (including phenoxy) is 1. The normalized spacial score (nSPS) is 11.6. The number of amides is 1. The number of aliphatic hydroxyl groups excluding tert-OH is 1. The molecule has 0 atom stereocenters. The highest BCUT2D eigenvalue weighted by Crippen LogP contribution is 2.13. The van der Waals surface area contributed by atoms with Crippen molar-refractivity contribution in [1.82, 2.24) is 5.32 Å². The van der Waals surface area contributed by atoms with E-state index in [2.05, 4.69) is 5.32 Å². The summed E-state index contributed by atoms with van der Waals surface area (Å²) in [6.07, 6.45) is 3.14. The van der Waals surface area contributed by atoms with Crippen LogP contribution in [-0.4, -0.2) is 30.3 Å². The van der Waals surface area contributed by atoms with Crippen LogP contribution in [0.3, 0.4) is 0 Å². The maximum absolute atomic E-state index is 11.6. The van der Waals surface area contributed by atoms with Crippen molar-refractivity contribution < 1.29 is 14.6 Å². The van der Waals surface area contributed by atoms with E-state index in [4.69, 9.17) is 9.84 Å². The van der Waals surface area contributed by atoms with Crippen LogP contribution in [0.25, 0.3) is 6.08 Å². The molecule has 0 spiro atoms. The Bertz CT molecular complexity index is 438. The van der Waals surface area contributed by atoms with Gasteiger partial charge < -0.3 is 15.2 Å². The number of nitrogens with one attached hydrogen (secondary N) is 1. The van der Waals surface area contributed by atoms with Gasteiger partial charge in [0.1, 0.15) is 5.75 Å². The van der Waals surface area contributed by atoms with E-state index in [9.17, 15) is 4.79 Å². The first-order chi connectivity index (χ1) is 8.46. The molecule has 1 rings (SSSR count). The molecule has 1 amide bonds. The van der Waals surface area contributed by atoms with Gasteiger partial charge in [0.2, 0.25) is 5.91 Å². The van der Waals surface area contributed by atoms with Gasteiger partial charge >= 0.3 is 0 Å². The Kier molecular flexibility index (Phi) is 4.92. The predicted molar refractivity (Wildman–Crippen MR) is 71.3 cm³/mol. The molecule has 0 heterocycles. The number of benzene rings is 1. The molecule has 0 saturated heterocycles. The summed E-state index contributed by atoms with van der Waals surface area (Å²) < 4.78 is 5.09. The van der Waals surface area contributed by atoms with Crippen LogP contribution in [0.5, 0.6) is 5.75 Å². The number of rotatable bonds is 5. The van der Waals surface area contributed by atoms with E-state index in [1.54, 1.807) is 27.0 Å². The highest BCUT2D eigenvalue weighted by molar-refractivity contribution is 5.92. The number of aliphatic hydroxyl groups is 1. The second-order valence-electron chi connectivity index (χ2n) is 4.64. The molecule has 0 aromatic heterocycles. The first-order valence-corrected chi connectivity index (χ1v) is 5.72. The minimum absolute atomic E-state index is 0.105. The number of methoxy groups -OCH3 is 1. The molecule has 0 aliphatic rings. The van der Waals surface area contributed by atoms with E-state index in [0.717, 1.165) is 11.3 Å². The molecular weight excluding hydrogens is 230 g/mol. The van der Waals surface area contributed by atoms with Crippen molar-refractivity contribution in [2.24, 2.45) is 0 Å². The summed E-state index contributed by atoms with van der Waals surface area (Å²) >= 11 is 0. The average molecular weight is 249 g/mol. The van der Waals surface area contributed by atoms with Crippen molar-refractivity contribution in [1.29, 1.82) is 0 Å². The third-order valence-corrected chi connectivity index (χ3v) is 2.38. The summed E-state index contributed by atoms with van der Waals surface area (Å²) in [5.74, 6) is 0.505. The van der Waals surface area contributed by atoms with E-state index in [1.807, 2.05) is 24.3 Å². The highest BCUT2D eigenvalue weighted by atomic mass is 16.5. The van der Waals surface area contributed by atoms with Gasteiger partial charge in [0.25, 0.3) is 0 Å². The molecule has 18 heavy (non-hydrogen) atoms. The summed E-state index contributed by atoms with van der Waals surface area (Å²) in [4.78, 5) is 11.6. The summed E-state index contributed by atoms with van der Waals surface area (Å²) in [5, 5.41) is 11.7. The SMILES string of the molecule is COc1cccc(/C=C/C(=O)NC(C)(C)CO)c1. The van der Waals surface area contributed by atoms with Crippen molar-refractivity contribution in [2.75, 3.05) is 13.7 Å². The van der Waals surface area contributed by atoms with Crippen LogP contribution in [0.2, 0.25) is 0 Å². The summed E-state index contributed by atoms with van der Waals surface area (Å²) in [6, 6.07) is 7.41. The molecule has 0 aliphatic carbocycles. The minimum atomic E-state index is -0.615. The molecule has 4 heteroatoms. The molecule has 2 N–H and O–H groups in total. The topological polar surface area (TPSA) is 58.6 Å². The lowest BCUT2D eigenvalue weighted by atomic mass is 10.1. The van der Waals surface area contributed by atoms with Crippen LogP contribution >= 0.6 is 0 Å². The smallest absolute Gasteiger partial charge is 0.244 e. The summed E-state index contributed by atoms with van der Waals surface area (Å²) in [7, 11) is 1.60. The minimum Gasteiger partial charge on any atom is -0.497 e. The lowest BCUT2D eigenvalue weighted by molar-refractivity contribution is -0.118. The summed E-state index contributed by atoms with van der Waals surface area (Å²) in [6.45, 7) is 3.40. The summed E-state index contributed by atoms with van der Waals surface area (Å²) in [5.41, 5.74) is 0.266. The maximum Gasteiger partial charge on any atom is 0.244 e. The van der Waals surface area contributed by atoms with Crippen LogP contribution in [0, 0.1) is 0 Å². The van der Waals surface area contributed by atoms with Gasteiger partial charge in [-0.25, -0.2) is 0 Å². The van der Waals surface area contributed by atoms with E-state index in [1.165, 1.54) is 6.08 Å². The fourth-order valence-corrected chi connectivity index (χ4v) is 1.33. The number of hydrogen-bond donors (Lipinski definition) is 2. The molecule has 4 nitrogen and oxygen atoms in total. The molecule has 0 radical (unpaired) electrons. The maximum atomic E-state index is 11.6. The third kappa shape index (κ3) is 4.59. The molecule has 0 fully saturated rings. The van der Waals surface area contributed by atoms with Gasteiger partial charge in [-0.2, -0.15) is 0 Å². The standard InChI is InChI=1S/C14H19NO3/c1-14(2,10-16)15-13(17)8-7-11-5-4-6-12(9-11)18-3/h4-9,16H,10H2,1-3H3,(H,15,17)/b8-7+. The van der Waals surface area contributed by atoms with Crippen LogP contribution in [0.15, 0.2) is 30.3 Å². The second kappa shape index (κ2) is 6.21. The van der Waals surface area contributed by atoms with Crippen LogP contribution < -0.4 is 10.1 Å². The lowest BCUT2D eigenvalue weighted by Crippen LogP contribution is -2.45. The van der Waals surface area contributed by atoms with Crippen LogP contribution in [0.1, 0.15) is 19.4 Å². The van der Waals surface area contributed by atoms with Gasteiger partial charge in [-0.3, -0.25) is 4.79 Å². The molecule has 0 unspecified atom stereocenters. The molecule has 98 valence electrons. The molecule has 1 aromatic carbocycles. The van der Waals surface area contributed by atoms with Gasteiger partial charge in [-0.1, -0.05) is 12.1 Å². The number of carbonyl (C=O) groups excluding carboxylic acids is 1. The van der Waals surface area contributed by atoms with Gasteiger partial charge in [-0.05, 0) is 37.6 Å². The highest BCUT2D eigenvalue weighted by Gasteiger charge is 2.17. The van der Waals surface area contributed by atoms with Gasteiger partial charge in [0.15, 0.2) is 0 Å². The van der Waals surface area contributed by atoms with Crippen LogP contribution in [0.4, 0.5) is 0 Å². The Hall–Kier alpha value is -1.81. The predicted octanol–water partition coefficient (Wildman–Crippen LogP) is 1.60. The molecule has 0 bridgehead atoms. The Labute approximate surface area is 107 Å². The van der Waals surface area contributed by atoms with E-state index < -0.39 is 5.54 Å². The Balaban J connectivity index is 2.66. The lowest BCUT2D eigenvalue weighted by Gasteiger charge is -2.22. The number of hydrogen-bond acceptors (Lipinski definition) is 3. The molecule has 0 saturated carbocycles. The van der Waals surface area contributed by atoms with Gasteiger partial charge in [0, 0.05) is 6.08 Å². The Morgan fingerprint density at radius 3 is 2.83 bits per heavy atom. The Morgan fingerprint density at radius 2 is 2.22 bits per heavy atom. The zero-order valence-corrected chi connectivity index (χ0v) is 10.9. The monoisotopic (exact) mass is 249 g/mol. The van der Waals surface area contributed by atoms with Crippen molar-refractivity contribution in [3.05, 3.63) is 35.9 Å². The number of carbonyl (C=O) groups is 1. The zero-order valence-electron chi connectivity index (χ0n) is 10.9. The van der Waals surface area contributed by atoms with Crippen molar-refractivity contribution in [2.45, 2.75) is 19.4 Å². The van der Waals surface area contributed by atoms with Crippen molar-refractivity contribution in [3.8, 4) is 5.75 Å². The van der Waals surface area contributed by atoms with Crippen molar-refractivity contribution in [3.63, 3.8) is 0 Å².